The third kappa shape index (κ3) is 5.93. The summed E-state index contributed by atoms with van der Waals surface area (Å²) in [5.41, 5.74) is 3.07. The topological polar surface area (TPSA) is 51.7 Å². The molecule has 4 rings (SSSR count). The Kier molecular flexibility index (Phi) is 9.52. The Hall–Kier alpha value is -1.70. The van der Waals surface area contributed by atoms with Crippen molar-refractivity contribution in [2.45, 2.75) is 12.6 Å². The maximum absolute atomic E-state index is 13.3. The predicted molar refractivity (Wildman–Crippen MR) is 125 cm³/mol. The van der Waals surface area contributed by atoms with Crippen molar-refractivity contribution in [3.63, 3.8) is 0 Å². The van der Waals surface area contributed by atoms with Crippen molar-refractivity contribution in [1.29, 1.82) is 0 Å². The van der Waals surface area contributed by atoms with Crippen LogP contribution in [0.2, 0.25) is 0 Å². The molecular formula is C22H31Cl2N5O. The molecular weight excluding hydrogens is 421 g/mol. The van der Waals surface area contributed by atoms with E-state index in [0.717, 1.165) is 56.9 Å². The number of benzene rings is 1. The Labute approximate surface area is 191 Å². The number of nitrogens with zero attached hydrogens (tertiary/aromatic N) is 4. The number of pyridine rings is 1. The molecule has 1 unspecified atom stereocenters. The number of hydrogen-bond acceptors (Lipinski definition) is 5. The summed E-state index contributed by atoms with van der Waals surface area (Å²) in [4.78, 5) is 24.4. The Morgan fingerprint density at radius 3 is 2.63 bits per heavy atom. The number of hydrogen-bond donors (Lipinski definition) is 1. The second kappa shape index (κ2) is 11.6. The van der Waals surface area contributed by atoms with E-state index in [9.17, 15) is 4.79 Å². The van der Waals surface area contributed by atoms with Crippen LogP contribution in [0.4, 0.5) is 0 Å². The quantitative estimate of drug-likeness (QED) is 0.773. The average molecular weight is 452 g/mol. The molecule has 2 fully saturated rings. The molecule has 0 saturated carbocycles. The first-order chi connectivity index (χ1) is 13.7. The van der Waals surface area contributed by atoms with Gasteiger partial charge in [-0.1, -0.05) is 18.2 Å². The number of piperazine rings is 2. The molecule has 0 spiro atoms. The highest BCUT2D eigenvalue weighted by Crippen LogP contribution is 2.24. The molecule has 1 aromatic heterocycles. The smallest absolute Gasteiger partial charge is 0.254 e. The lowest BCUT2D eigenvalue weighted by molar-refractivity contribution is 0.0633. The number of amides is 1. The molecule has 2 aromatic rings. The first-order valence-electron chi connectivity index (χ1n) is 10.1. The van der Waals surface area contributed by atoms with Gasteiger partial charge >= 0.3 is 0 Å². The highest BCUT2D eigenvalue weighted by atomic mass is 35.5. The van der Waals surface area contributed by atoms with Gasteiger partial charge in [0.05, 0.1) is 6.04 Å². The predicted octanol–water partition coefficient (Wildman–Crippen LogP) is 2.46. The van der Waals surface area contributed by atoms with Gasteiger partial charge in [-0.15, -0.1) is 24.8 Å². The standard InChI is InChI=1S/C22H29N5O.2ClH/c1-25-10-12-26(13-11-25)17-18-4-2-5-19(14-18)22(28)27-9-8-24-16-21(27)20-6-3-7-23-15-20;;/h2-7,14-15,21,24H,8-13,16-17H2,1H3;2*1H. The highest BCUT2D eigenvalue weighted by Gasteiger charge is 2.29. The second-order valence-electron chi connectivity index (χ2n) is 7.78. The molecule has 6 nitrogen and oxygen atoms in total. The van der Waals surface area contributed by atoms with Gasteiger partial charge in [0.15, 0.2) is 0 Å². The van der Waals surface area contributed by atoms with Crippen molar-refractivity contribution < 1.29 is 4.79 Å². The van der Waals surface area contributed by atoms with E-state index in [0.29, 0.717) is 6.54 Å². The van der Waals surface area contributed by atoms with Gasteiger partial charge in [-0.2, -0.15) is 0 Å². The molecule has 1 atom stereocenters. The molecule has 2 aliphatic rings. The largest absolute Gasteiger partial charge is 0.329 e. The Morgan fingerprint density at radius 2 is 1.90 bits per heavy atom. The third-order valence-electron chi connectivity index (χ3n) is 5.75. The van der Waals surface area contributed by atoms with Crippen molar-refractivity contribution in [2.75, 3.05) is 52.9 Å². The van der Waals surface area contributed by atoms with Crippen molar-refractivity contribution in [2.24, 2.45) is 0 Å². The van der Waals surface area contributed by atoms with E-state index >= 15 is 0 Å². The highest BCUT2D eigenvalue weighted by molar-refractivity contribution is 5.94. The fourth-order valence-corrected chi connectivity index (χ4v) is 4.05. The molecule has 1 aromatic carbocycles. The van der Waals surface area contributed by atoms with E-state index in [1.54, 1.807) is 6.20 Å². The van der Waals surface area contributed by atoms with Crippen LogP contribution in [0, 0.1) is 0 Å². The third-order valence-corrected chi connectivity index (χ3v) is 5.75. The van der Waals surface area contributed by atoms with Crippen molar-refractivity contribution in [3.05, 3.63) is 65.5 Å². The van der Waals surface area contributed by atoms with Crippen LogP contribution in [0.5, 0.6) is 0 Å². The summed E-state index contributed by atoms with van der Waals surface area (Å²) in [5, 5.41) is 3.41. The Balaban J connectivity index is 0.00000160. The Morgan fingerprint density at radius 1 is 1.10 bits per heavy atom. The summed E-state index contributed by atoms with van der Waals surface area (Å²) >= 11 is 0. The van der Waals surface area contributed by atoms with E-state index in [4.69, 9.17) is 0 Å². The number of aromatic nitrogens is 1. The van der Waals surface area contributed by atoms with Gasteiger partial charge in [0.2, 0.25) is 0 Å². The van der Waals surface area contributed by atoms with E-state index in [2.05, 4.69) is 45.3 Å². The second-order valence-corrected chi connectivity index (χ2v) is 7.78. The van der Waals surface area contributed by atoms with Crippen LogP contribution in [-0.4, -0.2) is 78.5 Å². The van der Waals surface area contributed by atoms with Crippen LogP contribution in [0.15, 0.2) is 48.8 Å². The lowest BCUT2D eigenvalue weighted by Gasteiger charge is -2.36. The van der Waals surface area contributed by atoms with Gasteiger partial charge in [-0.3, -0.25) is 14.7 Å². The SMILES string of the molecule is CN1CCN(Cc2cccc(C(=O)N3CCNCC3c3cccnc3)c2)CC1.Cl.Cl. The molecule has 1 amide bonds. The van der Waals surface area contributed by atoms with Crippen molar-refractivity contribution in [1.82, 2.24) is 25.0 Å². The molecule has 30 heavy (non-hydrogen) atoms. The number of rotatable bonds is 4. The summed E-state index contributed by atoms with van der Waals surface area (Å²) in [5.74, 6) is 0.107. The number of carbonyl (C=O) groups excluding carboxylic acids is 1. The number of nitrogens with one attached hydrogen (secondary N) is 1. The number of carbonyl (C=O) groups is 1. The van der Waals surface area contributed by atoms with Crippen LogP contribution in [0.25, 0.3) is 0 Å². The van der Waals surface area contributed by atoms with Crippen LogP contribution >= 0.6 is 24.8 Å². The minimum Gasteiger partial charge on any atom is -0.329 e. The zero-order chi connectivity index (χ0) is 19.3. The molecule has 0 aliphatic carbocycles. The molecule has 2 aliphatic heterocycles. The summed E-state index contributed by atoms with van der Waals surface area (Å²) < 4.78 is 0. The van der Waals surface area contributed by atoms with Gasteiger partial charge in [0, 0.05) is 70.3 Å². The molecule has 1 N–H and O–H groups in total. The maximum Gasteiger partial charge on any atom is 0.254 e. The molecule has 0 radical (unpaired) electrons. The minimum atomic E-state index is 0. The first-order valence-corrected chi connectivity index (χ1v) is 10.1. The van der Waals surface area contributed by atoms with Crippen LogP contribution in [0.1, 0.15) is 27.5 Å². The fourth-order valence-electron chi connectivity index (χ4n) is 4.05. The summed E-state index contributed by atoms with van der Waals surface area (Å²) in [7, 11) is 2.17. The molecule has 3 heterocycles. The minimum absolute atomic E-state index is 0. The molecule has 2 saturated heterocycles. The van der Waals surface area contributed by atoms with E-state index in [1.165, 1.54) is 5.56 Å². The summed E-state index contributed by atoms with van der Waals surface area (Å²) in [6.45, 7) is 7.56. The van der Waals surface area contributed by atoms with Crippen molar-refractivity contribution >= 4 is 30.7 Å². The van der Waals surface area contributed by atoms with Gasteiger partial charge < -0.3 is 15.1 Å². The zero-order valence-electron chi connectivity index (χ0n) is 17.4. The van der Waals surface area contributed by atoms with Crippen LogP contribution < -0.4 is 5.32 Å². The van der Waals surface area contributed by atoms with Crippen LogP contribution in [-0.2, 0) is 6.54 Å². The average Bonchev–Trinajstić information content (AvgIpc) is 2.76. The molecule has 0 bridgehead atoms. The molecule has 8 heteroatoms. The first kappa shape index (κ1) is 24.6. The summed E-state index contributed by atoms with van der Waals surface area (Å²) in [6, 6.07) is 12.2. The van der Waals surface area contributed by atoms with Gasteiger partial charge in [-0.05, 0) is 36.4 Å². The number of likely N-dealkylation sites (N-methyl/N-ethyl adjacent to an activating group) is 1. The lowest BCUT2D eigenvalue weighted by Crippen LogP contribution is -2.48. The van der Waals surface area contributed by atoms with Crippen LogP contribution in [0.3, 0.4) is 0 Å². The fraction of sp³-hybridized carbons (Fsp3) is 0.455. The van der Waals surface area contributed by atoms with Crippen molar-refractivity contribution in [3.8, 4) is 0 Å². The monoisotopic (exact) mass is 451 g/mol. The van der Waals surface area contributed by atoms with Gasteiger partial charge in [0.1, 0.15) is 0 Å². The van der Waals surface area contributed by atoms with E-state index in [1.807, 2.05) is 29.3 Å². The summed E-state index contributed by atoms with van der Waals surface area (Å²) in [6.07, 6.45) is 3.63. The van der Waals surface area contributed by atoms with E-state index < -0.39 is 0 Å². The maximum atomic E-state index is 13.3. The lowest BCUT2D eigenvalue weighted by atomic mass is 10.0. The number of halogens is 2. The van der Waals surface area contributed by atoms with Gasteiger partial charge in [-0.25, -0.2) is 0 Å². The molecule has 164 valence electrons. The van der Waals surface area contributed by atoms with E-state index in [-0.39, 0.29) is 36.8 Å². The zero-order valence-corrected chi connectivity index (χ0v) is 19.0. The van der Waals surface area contributed by atoms with Gasteiger partial charge in [0.25, 0.3) is 5.91 Å². The normalized spacial score (nSPS) is 20.2. The Bertz CT molecular complexity index is 799.